The third-order valence-corrected chi connectivity index (χ3v) is 4.11. The van der Waals surface area contributed by atoms with Gasteiger partial charge in [0.1, 0.15) is 11.4 Å². The van der Waals surface area contributed by atoms with Crippen LogP contribution in [-0.2, 0) is 15.2 Å². The Morgan fingerprint density at radius 1 is 1.33 bits per heavy atom. The van der Waals surface area contributed by atoms with Crippen LogP contribution in [0.5, 0.6) is 0 Å². The monoisotopic (exact) mass is 295 g/mol. The molecule has 0 aromatic carbocycles. The largest absolute Gasteiger partial charge is 0.481 e. The third-order valence-electron chi connectivity index (χ3n) is 4.11. The maximum Gasteiger partial charge on any atom is 0.306 e. The number of aliphatic hydroxyl groups is 1. The number of carboxylic acid groups (broad SMARTS) is 1. The molecule has 1 aromatic heterocycles. The van der Waals surface area contributed by atoms with Gasteiger partial charge in [0, 0.05) is 5.92 Å². The van der Waals surface area contributed by atoms with E-state index in [-0.39, 0.29) is 24.3 Å². The molecule has 116 valence electrons. The van der Waals surface area contributed by atoms with Crippen molar-refractivity contribution in [1.29, 1.82) is 0 Å². The highest BCUT2D eigenvalue weighted by Crippen LogP contribution is 2.29. The van der Waals surface area contributed by atoms with Gasteiger partial charge in [-0.2, -0.15) is 0 Å². The summed E-state index contributed by atoms with van der Waals surface area (Å²) in [6.07, 6.45) is 3.68. The molecule has 0 spiro atoms. The molecule has 6 nitrogen and oxygen atoms in total. The molecule has 1 fully saturated rings. The molecule has 1 saturated carbocycles. The summed E-state index contributed by atoms with van der Waals surface area (Å²) < 4.78 is 5.15. The Morgan fingerprint density at radius 2 is 1.95 bits per heavy atom. The topological polar surface area (TPSA) is 99.8 Å². The van der Waals surface area contributed by atoms with Crippen molar-refractivity contribution in [2.75, 3.05) is 6.54 Å². The predicted octanol–water partition coefficient (Wildman–Crippen LogP) is 1.49. The summed E-state index contributed by atoms with van der Waals surface area (Å²) in [6, 6.07) is 3.34. The van der Waals surface area contributed by atoms with E-state index in [1.807, 2.05) is 0 Å². The molecule has 1 aromatic rings. The van der Waals surface area contributed by atoms with Crippen LogP contribution >= 0.6 is 0 Å². The van der Waals surface area contributed by atoms with Gasteiger partial charge in [-0.05, 0) is 44.7 Å². The fourth-order valence-corrected chi connectivity index (χ4v) is 2.68. The lowest BCUT2D eigenvalue weighted by Gasteiger charge is -2.27. The molecule has 2 rings (SSSR count). The fraction of sp³-hybridized carbons (Fsp3) is 0.600. The van der Waals surface area contributed by atoms with Crippen LogP contribution in [0.4, 0.5) is 0 Å². The van der Waals surface area contributed by atoms with Gasteiger partial charge >= 0.3 is 5.97 Å². The Hall–Kier alpha value is -1.82. The van der Waals surface area contributed by atoms with E-state index >= 15 is 0 Å². The second-order valence-electron chi connectivity index (χ2n) is 5.86. The molecule has 1 unspecified atom stereocenters. The van der Waals surface area contributed by atoms with E-state index in [4.69, 9.17) is 9.52 Å². The Morgan fingerprint density at radius 3 is 2.48 bits per heavy atom. The Labute approximate surface area is 123 Å². The normalized spacial score (nSPS) is 25.0. The first kappa shape index (κ1) is 15.6. The molecule has 21 heavy (non-hydrogen) atoms. The molecule has 0 aliphatic heterocycles. The number of carbonyl (C=O) groups is 2. The first-order valence-electron chi connectivity index (χ1n) is 7.17. The number of rotatable bonds is 5. The standard InChI is InChI=1S/C15H21NO5/c1-15(20,12-3-2-8-21-12)9-16-13(17)10-4-6-11(7-5-10)14(18)19/h2-3,8,10-11,20H,4-7,9H2,1H3,(H,16,17)(H,18,19). The average Bonchev–Trinajstić information content (AvgIpc) is 3.00. The molecule has 1 aliphatic rings. The van der Waals surface area contributed by atoms with Gasteiger partial charge in [0.05, 0.1) is 18.7 Å². The zero-order valence-corrected chi connectivity index (χ0v) is 12.0. The fourth-order valence-electron chi connectivity index (χ4n) is 2.68. The van der Waals surface area contributed by atoms with Crippen molar-refractivity contribution in [1.82, 2.24) is 5.32 Å². The maximum atomic E-state index is 12.1. The summed E-state index contributed by atoms with van der Waals surface area (Å²) in [6.45, 7) is 1.64. The quantitative estimate of drug-likeness (QED) is 0.764. The second-order valence-corrected chi connectivity index (χ2v) is 5.86. The lowest BCUT2D eigenvalue weighted by Crippen LogP contribution is -2.42. The highest BCUT2D eigenvalue weighted by atomic mass is 16.4. The van der Waals surface area contributed by atoms with E-state index in [0.29, 0.717) is 31.4 Å². The number of carboxylic acids is 1. The summed E-state index contributed by atoms with van der Waals surface area (Å²) in [5, 5.41) is 21.9. The van der Waals surface area contributed by atoms with Crippen molar-refractivity contribution in [3.63, 3.8) is 0 Å². The number of hydrogen-bond donors (Lipinski definition) is 3. The van der Waals surface area contributed by atoms with Crippen molar-refractivity contribution >= 4 is 11.9 Å². The summed E-state index contributed by atoms with van der Waals surface area (Å²) in [4.78, 5) is 23.0. The molecule has 1 aliphatic carbocycles. The molecule has 0 radical (unpaired) electrons. The van der Waals surface area contributed by atoms with Gasteiger partial charge in [0.25, 0.3) is 0 Å². The summed E-state index contributed by atoms with van der Waals surface area (Å²) in [7, 11) is 0. The number of furan rings is 1. The molecule has 6 heteroatoms. The van der Waals surface area contributed by atoms with Gasteiger partial charge < -0.3 is 19.9 Å². The Balaban J connectivity index is 1.82. The van der Waals surface area contributed by atoms with E-state index in [9.17, 15) is 14.7 Å². The van der Waals surface area contributed by atoms with E-state index in [1.165, 1.54) is 6.26 Å². The zero-order chi connectivity index (χ0) is 15.5. The van der Waals surface area contributed by atoms with E-state index in [2.05, 4.69) is 5.32 Å². The number of aliphatic carboxylic acids is 1. The van der Waals surface area contributed by atoms with Crippen LogP contribution in [0.1, 0.15) is 38.4 Å². The second kappa shape index (κ2) is 6.30. The van der Waals surface area contributed by atoms with Crippen LogP contribution in [-0.4, -0.2) is 28.6 Å². The van der Waals surface area contributed by atoms with Gasteiger partial charge in [0.2, 0.25) is 5.91 Å². The zero-order valence-electron chi connectivity index (χ0n) is 12.0. The van der Waals surface area contributed by atoms with Crippen molar-refractivity contribution in [2.24, 2.45) is 11.8 Å². The first-order valence-corrected chi connectivity index (χ1v) is 7.17. The van der Waals surface area contributed by atoms with E-state index < -0.39 is 11.6 Å². The first-order chi connectivity index (χ1) is 9.90. The highest BCUT2D eigenvalue weighted by molar-refractivity contribution is 5.79. The minimum absolute atomic E-state index is 0.0677. The van der Waals surface area contributed by atoms with Crippen molar-refractivity contribution in [3.8, 4) is 0 Å². The molecule has 1 amide bonds. The number of amides is 1. The maximum absolute atomic E-state index is 12.1. The Bertz CT molecular complexity index is 486. The van der Waals surface area contributed by atoms with Crippen molar-refractivity contribution < 1.29 is 24.2 Å². The smallest absolute Gasteiger partial charge is 0.306 e. The minimum atomic E-state index is -1.25. The molecule has 1 heterocycles. The number of carbonyl (C=O) groups excluding carboxylic acids is 1. The lowest BCUT2D eigenvalue weighted by molar-refractivity contribution is -0.144. The summed E-state index contributed by atoms with van der Waals surface area (Å²) in [5.41, 5.74) is -1.25. The molecular weight excluding hydrogens is 274 g/mol. The van der Waals surface area contributed by atoms with Crippen LogP contribution in [0, 0.1) is 11.8 Å². The summed E-state index contributed by atoms with van der Waals surface area (Å²) >= 11 is 0. The number of nitrogens with one attached hydrogen (secondary N) is 1. The van der Waals surface area contributed by atoms with Crippen LogP contribution in [0.25, 0.3) is 0 Å². The van der Waals surface area contributed by atoms with Gasteiger partial charge in [-0.1, -0.05) is 0 Å². The van der Waals surface area contributed by atoms with Crippen molar-refractivity contribution in [2.45, 2.75) is 38.2 Å². The highest BCUT2D eigenvalue weighted by Gasteiger charge is 2.32. The van der Waals surface area contributed by atoms with E-state index in [0.717, 1.165) is 0 Å². The predicted molar refractivity (Wildman–Crippen MR) is 74.4 cm³/mol. The van der Waals surface area contributed by atoms with Gasteiger partial charge in [-0.15, -0.1) is 0 Å². The molecule has 0 bridgehead atoms. The molecule has 3 N–H and O–H groups in total. The average molecular weight is 295 g/mol. The van der Waals surface area contributed by atoms with Crippen LogP contribution in [0.15, 0.2) is 22.8 Å². The summed E-state index contributed by atoms with van der Waals surface area (Å²) in [5.74, 6) is -1.02. The lowest BCUT2D eigenvalue weighted by atomic mass is 9.81. The molecule has 0 saturated heterocycles. The van der Waals surface area contributed by atoms with Gasteiger partial charge in [0.15, 0.2) is 0 Å². The van der Waals surface area contributed by atoms with Crippen LogP contribution in [0.2, 0.25) is 0 Å². The van der Waals surface area contributed by atoms with Gasteiger partial charge in [-0.3, -0.25) is 9.59 Å². The van der Waals surface area contributed by atoms with Gasteiger partial charge in [-0.25, -0.2) is 0 Å². The molecular formula is C15H21NO5. The van der Waals surface area contributed by atoms with Crippen LogP contribution < -0.4 is 5.32 Å². The Kier molecular flexibility index (Phi) is 4.67. The SMILES string of the molecule is CC(O)(CNC(=O)C1CCC(C(=O)O)CC1)c1ccco1. The third kappa shape index (κ3) is 3.85. The minimum Gasteiger partial charge on any atom is -0.481 e. The number of hydrogen-bond acceptors (Lipinski definition) is 4. The van der Waals surface area contributed by atoms with Crippen LogP contribution in [0.3, 0.4) is 0 Å². The molecule has 1 atom stereocenters. The van der Waals surface area contributed by atoms with Crippen molar-refractivity contribution in [3.05, 3.63) is 24.2 Å². The van der Waals surface area contributed by atoms with E-state index in [1.54, 1.807) is 19.1 Å².